The fraction of sp³-hybridized carbons (Fsp3) is 0.250. The van der Waals surface area contributed by atoms with E-state index in [9.17, 15) is 9.59 Å². The summed E-state index contributed by atoms with van der Waals surface area (Å²) in [6, 6.07) is 3.39. The van der Waals surface area contributed by atoms with Crippen LogP contribution in [-0.4, -0.2) is 16.9 Å². The number of rotatable bonds is 4. The number of fused-ring (bicyclic) bond motifs is 1. The maximum absolute atomic E-state index is 12.2. The molecule has 4 nitrogen and oxygen atoms in total. The van der Waals surface area contributed by atoms with Crippen LogP contribution in [-0.2, 0) is 0 Å². The predicted molar refractivity (Wildman–Crippen MR) is 76.4 cm³/mol. The third kappa shape index (κ3) is 2.13. The van der Waals surface area contributed by atoms with E-state index in [1.54, 1.807) is 26.0 Å². The second-order valence-corrected chi connectivity index (χ2v) is 4.81. The molecule has 0 amide bonds. The van der Waals surface area contributed by atoms with Crippen LogP contribution in [0.5, 0.6) is 0 Å². The minimum atomic E-state index is -1.11. The van der Waals surface area contributed by atoms with Crippen LogP contribution in [0, 0.1) is 13.8 Å². The van der Waals surface area contributed by atoms with E-state index in [2.05, 4.69) is 6.58 Å². The molecule has 104 valence electrons. The highest BCUT2D eigenvalue weighted by Crippen LogP contribution is 2.29. The lowest BCUT2D eigenvalue weighted by atomic mass is 9.96. The summed E-state index contributed by atoms with van der Waals surface area (Å²) in [7, 11) is 0. The van der Waals surface area contributed by atoms with Crippen LogP contribution in [0.1, 0.15) is 45.4 Å². The average Bonchev–Trinajstić information content (AvgIpc) is 2.73. The summed E-state index contributed by atoms with van der Waals surface area (Å²) in [5.41, 5.74) is 2.85. The molecule has 0 fully saturated rings. The van der Waals surface area contributed by atoms with Crippen LogP contribution >= 0.6 is 0 Å². The van der Waals surface area contributed by atoms with Crippen molar-refractivity contribution in [2.24, 2.45) is 0 Å². The number of hydrogen-bond donors (Lipinski definition) is 1. The lowest BCUT2D eigenvalue weighted by Crippen LogP contribution is -2.04. The summed E-state index contributed by atoms with van der Waals surface area (Å²) in [4.78, 5) is 23.3. The van der Waals surface area contributed by atoms with Crippen LogP contribution < -0.4 is 0 Å². The Morgan fingerprint density at radius 1 is 1.30 bits per heavy atom. The van der Waals surface area contributed by atoms with Gasteiger partial charge in [-0.25, -0.2) is 4.79 Å². The van der Waals surface area contributed by atoms with Crippen molar-refractivity contribution in [3.63, 3.8) is 0 Å². The van der Waals surface area contributed by atoms with Gasteiger partial charge in [0.25, 0.3) is 0 Å². The Morgan fingerprint density at radius 2 is 1.95 bits per heavy atom. The van der Waals surface area contributed by atoms with Crippen LogP contribution in [0.4, 0.5) is 0 Å². The zero-order valence-corrected chi connectivity index (χ0v) is 11.7. The highest BCUT2D eigenvalue weighted by Gasteiger charge is 2.20. The number of carbonyl (C=O) groups is 2. The lowest BCUT2D eigenvalue weighted by molar-refractivity contribution is 0.0663. The molecule has 0 aliphatic rings. The first-order chi connectivity index (χ1) is 9.36. The zero-order valence-electron chi connectivity index (χ0n) is 11.7. The van der Waals surface area contributed by atoms with E-state index < -0.39 is 5.97 Å². The SMILES string of the molecule is C=C(CC)C(=O)c1cc2c(C)c(C(=O)O)oc2cc1C. The van der Waals surface area contributed by atoms with Gasteiger partial charge < -0.3 is 9.52 Å². The van der Waals surface area contributed by atoms with E-state index in [0.717, 1.165) is 5.56 Å². The summed E-state index contributed by atoms with van der Waals surface area (Å²) < 4.78 is 5.33. The molecule has 0 saturated heterocycles. The number of benzene rings is 1. The van der Waals surface area contributed by atoms with Gasteiger partial charge in [0.05, 0.1) is 0 Å². The van der Waals surface area contributed by atoms with Crippen LogP contribution in [0.15, 0.2) is 28.7 Å². The van der Waals surface area contributed by atoms with Crippen LogP contribution in [0.2, 0.25) is 0 Å². The van der Waals surface area contributed by atoms with Crippen LogP contribution in [0.25, 0.3) is 11.0 Å². The molecule has 4 heteroatoms. The number of allylic oxidation sites excluding steroid dienone is 1. The van der Waals surface area contributed by atoms with E-state index in [0.29, 0.717) is 34.1 Å². The Kier molecular flexibility index (Phi) is 3.49. The standard InChI is InChI=1S/C16H16O4/c1-5-8(2)14(17)11-7-12-10(4)15(16(18)19)20-13(12)6-9(11)3/h6-7H,2,5H2,1,3-4H3,(H,18,19). The molecular weight excluding hydrogens is 256 g/mol. The number of carbonyl (C=O) groups excluding carboxylic acids is 1. The van der Waals surface area contributed by atoms with Gasteiger partial charge in [-0.3, -0.25) is 4.79 Å². The molecule has 0 unspecified atom stereocenters. The molecule has 0 aliphatic heterocycles. The second kappa shape index (κ2) is 4.96. The van der Waals surface area contributed by atoms with E-state index in [4.69, 9.17) is 9.52 Å². The molecule has 20 heavy (non-hydrogen) atoms. The smallest absolute Gasteiger partial charge is 0.372 e. The maximum Gasteiger partial charge on any atom is 0.372 e. The third-order valence-corrected chi connectivity index (χ3v) is 3.47. The van der Waals surface area contributed by atoms with Crippen molar-refractivity contribution < 1.29 is 19.1 Å². The first-order valence-corrected chi connectivity index (χ1v) is 6.36. The van der Waals surface area contributed by atoms with Crippen molar-refractivity contribution in [3.05, 3.63) is 46.7 Å². The minimum absolute atomic E-state index is 0.0849. The molecule has 1 N–H and O–H groups in total. The van der Waals surface area contributed by atoms with E-state index in [1.807, 2.05) is 6.92 Å². The number of aromatic carboxylic acids is 1. The molecule has 0 spiro atoms. The molecule has 1 aromatic heterocycles. The van der Waals surface area contributed by atoms with Gasteiger partial charge in [-0.05, 0) is 43.5 Å². The summed E-state index contributed by atoms with van der Waals surface area (Å²) in [6.45, 7) is 9.11. The van der Waals surface area contributed by atoms with Crippen molar-refractivity contribution in [2.45, 2.75) is 27.2 Å². The summed E-state index contributed by atoms with van der Waals surface area (Å²) in [5, 5.41) is 9.72. The first-order valence-electron chi connectivity index (χ1n) is 6.36. The fourth-order valence-corrected chi connectivity index (χ4v) is 2.17. The normalized spacial score (nSPS) is 10.8. The number of Topliss-reactive ketones (excluding diaryl/α,β-unsaturated/α-hetero) is 1. The number of carboxylic acid groups (broad SMARTS) is 1. The van der Waals surface area contributed by atoms with Gasteiger partial charge in [0.15, 0.2) is 5.78 Å². The summed E-state index contributed by atoms with van der Waals surface area (Å²) in [5.74, 6) is -1.30. The molecule has 0 bridgehead atoms. The number of aryl methyl sites for hydroxylation is 2. The Hall–Kier alpha value is -2.36. The molecule has 0 aliphatic carbocycles. The first kappa shape index (κ1) is 14.1. The monoisotopic (exact) mass is 272 g/mol. The van der Waals surface area contributed by atoms with Crippen molar-refractivity contribution in [2.75, 3.05) is 0 Å². The fourth-order valence-electron chi connectivity index (χ4n) is 2.17. The van der Waals surface area contributed by atoms with Gasteiger partial charge in [0.1, 0.15) is 5.58 Å². The topological polar surface area (TPSA) is 67.5 Å². The van der Waals surface area contributed by atoms with Gasteiger partial charge in [0.2, 0.25) is 5.76 Å². The lowest BCUT2D eigenvalue weighted by Gasteiger charge is -2.06. The van der Waals surface area contributed by atoms with Crippen molar-refractivity contribution in [3.8, 4) is 0 Å². The summed E-state index contributed by atoms with van der Waals surface area (Å²) >= 11 is 0. The molecule has 0 saturated carbocycles. The Balaban J connectivity index is 2.68. The quantitative estimate of drug-likeness (QED) is 0.677. The molecule has 0 radical (unpaired) electrons. The molecule has 1 heterocycles. The average molecular weight is 272 g/mol. The molecule has 2 rings (SSSR count). The van der Waals surface area contributed by atoms with Crippen LogP contribution in [0.3, 0.4) is 0 Å². The predicted octanol–water partition coefficient (Wildman–Crippen LogP) is 3.90. The summed E-state index contributed by atoms with van der Waals surface area (Å²) in [6.07, 6.45) is 0.584. The Labute approximate surface area is 116 Å². The van der Waals surface area contributed by atoms with Gasteiger partial charge in [-0.2, -0.15) is 0 Å². The molecule has 2 aromatic rings. The zero-order chi connectivity index (χ0) is 15.0. The molecule has 0 atom stereocenters. The minimum Gasteiger partial charge on any atom is -0.475 e. The molecule has 1 aromatic carbocycles. The van der Waals surface area contributed by atoms with Gasteiger partial charge >= 0.3 is 5.97 Å². The van der Waals surface area contributed by atoms with Crippen molar-refractivity contribution in [1.82, 2.24) is 0 Å². The van der Waals surface area contributed by atoms with E-state index in [1.165, 1.54) is 0 Å². The number of furan rings is 1. The second-order valence-electron chi connectivity index (χ2n) is 4.81. The Bertz CT molecular complexity index is 735. The largest absolute Gasteiger partial charge is 0.475 e. The number of hydrogen-bond acceptors (Lipinski definition) is 3. The van der Waals surface area contributed by atoms with E-state index >= 15 is 0 Å². The van der Waals surface area contributed by atoms with Gasteiger partial charge in [-0.15, -0.1) is 0 Å². The Morgan fingerprint density at radius 3 is 2.50 bits per heavy atom. The van der Waals surface area contributed by atoms with Crippen molar-refractivity contribution >= 4 is 22.7 Å². The molecular formula is C16H16O4. The highest BCUT2D eigenvalue weighted by molar-refractivity contribution is 6.11. The maximum atomic E-state index is 12.2. The van der Waals surface area contributed by atoms with E-state index in [-0.39, 0.29) is 11.5 Å². The highest BCUT2D eigenvalue weighted by atomic mass is 16.4. The van der Waals surface area contributed by atoms with Gasteiger partial charge in [0, 0.05) is 16.5 Å². The third-order valence-electron chi connectivity index (χ3n) is 3.47. The number of ketones is 1. The number of carboxylic acids is 1. The van der Waals surface area contributed by atoms with Crippen molar-refractivity contribution in [1.29, 1.82) is 0 Å². The van der Waals surface area contributed by atoms with Gasteiger partial charge in [-0.1, -0.05) is 13.5 Å².